The summed E-state index contributed by atoms with van der Waals surface area (Å²) in [5.74, 6) is -0.543. The minimum Gasteiger partial charge on any atom is -0.375 e. The molecule has 0 aliphatic carbocycles. The van der Waals surface area contributed by atoms with Crippen molar-refractivity contribution >= 4 is 61.3 Å². The summed E-state index contributed by atoms with van der Waals surface area (Å²) in [5.41, 5.74) is 1.24. The first-order chi connectivity index (χ1) is 14.8. The van der Waals surface area contributed by atoms with Crippen molar-refractivity contribution in [1.29, 1.82) is 0 Å². The lowest BCUT2D eigenvalue weighted by Crippen LogP contribution is -2.28. The highest BCUT2D eigenvalue weighted by Gasteiger charge is 2.21. The van der Waals surface area contributed by atoms with Crippen LogP contribution in [0.5, 0.6) is 0 Å². The number of amides is 1. The third-order valence-corrected chi connectivity index (χ3v) is 7.41. The molecule has 8 nitrogen and oxygen atoms in total. The number of benzene rings is 2. The predicted molar refractivity (Wildman–Crippen MR) is 124 cm³/mol. The van der Waals surface area contributed by atoms with Gasteiger partial charge >= 0.3 is 0 Å². The SMILES string of the molecule is CN(CCCNS(=O)(=O)c1nnc(NC(=O)c2ccc(Cl)cc2Cl)s1)c1ccccc1. The van der Waals surface area contributed by atoms with E-state index in [1.54, 1.807) is 0 Å². The molecule has 0 saturated heterocycles. The Labute approximate surface area is 194 Å². The molecule has 0 bridgehead atoms. The zero-order chi connectivity index (χ0) is 22.4. The van der Waals surface area contributed by atoms with Crippen molar-refractivity contribution in [2.75, 3.05) is 30.4 Å². The van der Waals surface area contributed by atoms with E-state index in [1.165, 1.54) is 18.2 Å². The van der Waals surface area contributed by atoms with Crippen LogP contribution in [0.3, 0.4) is 0 Å². The van der Waals surface area contributed by atoms with Crippen molar-refractivity contribution in [2.45, 2.75) is 10.8 Å². The summed E-state index contributed by atoms with van der Waals surface area (Å²) in [6.45, 7) is 0.910. The Morgan fingerprint density at radius 2 is 1.87 bits per heavy atom. The fourth-order valence-electron chi connectivity index (χ4n) is 2.60. The lowest BCUT2D eigenvalue weighted by atomic mass is 10.2. The molecule has 0 unspecified atom stereocenters. The molecule has 0 atom stereocenters. The van der Waals surface area contributed by atoms with Crippen molar-refractivity contribution in [3.05, 3.63) is 64.1 Å². The van der Waals surface area contributed by atoms with Gasteiger partial charge in [-0.25, -0.2) is 13.1 Å². The standard InChI is InChI=1S/C19H19Cl2N5O3S2/c1-26(14-6-3-2-4-7-14)11-5-10-22-31(28,29)19-25-24-18(30-19)23-17(27)15-9-8-13(20)12-16(15)21/h2-4,6-9,12,22H,5,10-11H2,1H3,(H,23,24,27). The number of para-hydroxylation sites is 1. The molecule has 0 spiro atoms. The van der Waals surface area contributed by atoms with Crippen LogP contribution in [-0.2, 0) is 10.0 Å². The number of sulfonamides is 1. The third-order valence-electron chi connectivity index (χ3n) is 4.19. The minimum absolute atomic E-state index is 0.0419. The van der Waals surface area contributed by atoms with Gasteiger partial charge < -0.3 is 4.90 Å². The molecule has 0 aliphatic rings. The molecular formula is C19H19Cl2N5O3S2. The summed E-state index contributed by atoms with van der Waals surface area (Å²) < 4.78 is 27.2. The average molecular weight is 500 g/mol. The number of hydrogen-bond acceptors (Lipinski definition) is 7. The molecule has 3 rings (SSSR count). The van der Waals surface area contributed by atoms with Crippen molar-refractivity contribution in [3.63, 3.8) is 0 Å². The highest BCUT2D eigenvalue weighted by Crippen LogP contribution is 2.24. The number of halogens is 2. The van der Waals surface area contributed by atoms with E-state index in [0.717, 1.165) is 17.0 Å². The van der Waals surface area contributed by atoms with Gasteiger partial charge in [-0.3, -0.25) is 10.1 Å². The van der Waals surface area contributed by atoms with E-state index in [-0.39, 0.29) is 26.6 Å². The third kappa shape index (κ3) is 6.37. The fraction of sp³-hybridized carbons (Fsp3) is 0.211. The summed E-state index contributed by atoms with van der Waals surface area (Å²) in [6.07, 6.45) is 0.599. The number of carbonyl (C=O) groups excluding carboxylic acids is 1. The van der Waals surface area contributed by atoms with Crippen molar-refractivity contribution in [3.8, 4) is 0 Å². The second-order valence-corrected chi connectivity index (χ2v) is 10.2. The van der Waals surface area contributed by atoms with E-state index in [1.807, 2.05) is 42.3 Å². The molecule has 164 valence electrons. The maximum atomic E-state index is 12.4. The molecule has 12 heteroatoms. The van der Waals surface area contributed by atoms with Crippen LogP contribution in [0.1, 0.15) is 16.8 Å². The highest BCUT2D eigenvalue weighted by molar-refractivity contribution is 7.91. The maximum Gasteiger partial charge on any atom is 0.269 e. The number of nitrogens with one attached hydrogen (secondary N) is 2. The molecular weight excluding hydrogens is 481 g/mol. The zero-order valence-corrected chi connectivity index (χ0v) is 19.5. The van der Waals surface area contributed by atoms with Crippen LogP contribution in [-0.4, -0.2) is 44.7 Å². The summed E-state index contributed by atoms with van der Waals surface area (Å²) in [7, 11) is -1.89. The Bertz CT molecular complexity index is 1160. The number of aromatic nitrogens is 2. The minimum atomic E-state index is -3.83. The number of carbonyl (C=O) groups is 1. The summed E-state index contributed by atoms with van der Waals surface area (Å²) in [5, 5.41) is 10.5. The monoisotopic (exact) mass is 499 g/mol. The molecule has 0 saturated carbocycles. The molecule has 2 N–H and O–H groups in total. The summed E-state index contributed by atoms with van der Waals surface area (Å²) in [6, 6.07) is 14.2. The molecule has 1 amide bonds. The largest absolute Gasteiger partial charge is 0.375 e. The maximum absolute atomic E-state index is 12.4. The first-order valence-corrected chi connectivity index (χ1v) is 12.2. The predicted octanol–water partition coefficient (Wildman–Crippen LogP) is 3.90. The Morgan fingerprint density at radius 3 is 2.58 bits per heavy atom. The first-order valence-electron chi connectivity index (χ1n) is 9.12. The molecule has 1 heterocycles. The topological polar surface area (TPSA) is 104 Å². The lowest BCUT2D eigenvalue weighted by molar-refractivity contribution is 0.102. The quantitative estimate of drug-likeness (QED) is 0.341. The van der Waals surface area contributed by atoms with Crippen LogP contribution in [0.4, 0.5) is 10.8 Å². The lowest BCUT2D eigenvalue weighted by Gasteiger charge is -2.18. The number of rotatable bonds is 9. The molecule has 31 heavy (non-hydrogen) atoms. The smallest absolute Gasteiger partial charge is 0.269 e. The molecule has 0 aliphatic heterocycles. The Morgan fingerprint density at radius 1 is 1.13 bits per heavy atom. The average Bonchev–Trinajstić information content (AvgIpc) is 3.21. The fourth-order valence-corrected chi connectivity index (χ4v) is 5.11. The van der Waals surface area contributed by atoms with Crippen LogP contribution >= 0.6 is 34.5 Å². The second-order valence-electron chi connectivity index (χ2n) is 6.46. The summed E-state index contributed by atoms with van der Waals surface area (Å²) in [4.78, 5) is 14.4. The summed E-state index contributed by atoms with van der Waals surface area (Å²) >= 11 is 12.6. The van der Waals surface area contributed by atoms with Gasteiger partial charge in [0.05, 0.1) is 10.6 Å². The Hall–Kier alpha value is -2.24. The van der Waals surface area contributed by atoms with E-state index in [9.17, 15) is 13.2 Å². The van der Waals surface area contributed by atoms with Crippen molar-refractivity contribution in [1.82, 2.24) is 14.9 Å². The van der Waals surface area contributed by atoms with Crippen LogP contribution in [0, 0.1) is 0 Å². The van der Waals surface area contributed by atoms with Crippen LogP contribution in [0.15, 0.2) is 52.9 Å². The van der Waals surface area contributed by atoms with Crippen molar-refractivity contribution in [2.24, 2.45) is 0 Å². The molecule has 0 fully saturated rings. The number of hydrogen-bond donors (Lipinski definition) is 2. The Kier molecular flexibility index (Phi) is 7.84. The van der Waals surface area contributed by atoms with Gasteiger partial charge in [-0.15, -0.1) is 10.2 Å². The van der Waals surface area contributed by atoms with Gasteiger partial charge in [-0.1, -0.05) is 52.7 Å². The van der Waals surface area contributed by atoms with Crippen molar-refractivity contribution < 1.29 is 13.2 Å². The van der Waals surface area contributed by atoms with Gasteiger partial charge in [-0.05, 0) is 36.8 Å². The van der Waals surface area contributed by atoms with Gasteiger partial charge in [0.2, 0.25) is 9.47 Å². The molecule has 3 aromatic rings. The van der Waals surface area contributed by atoms with Gasteiger partial charge in [0.1, 0.15) is 0 Å². The van der Waals surface area contributed by atoms with E-state index >= 15 is 0 Å². The second kappa shape index (κ2) is 10.4. The van der Waals surface area contributed by atoms with E-state index in [0.29, 0.717) is 18.0 Å². The van der Waals surface area contributed by atoms with Crippen LogP contribution in [0.25, 0.3) is 0 Å². The molecule has 0 radical (unpaired) electrons. The van der Waals surface area contributed by atoms with Gasteiger partial charge in [0.15, 0.2) is 0 Å². The van der Waals surface area contributed by atoms with Gasteiger partial charge in [0.25, 0.3) is 15.9 Å². The normalized spacial score (nSPS) is 11.3. The highest BCUT2D eigenvalue weighted by atomic mass is 35.5. The van der Waals surface area contributed by atoms with E-state index in [4.69, 9.17) is 23.2 Å². The van der Waals surface area contributed by atoms with E-state index < -0.39 is 15.9 Å². The molecule has 1 aromatic heterocycles. The van der Waals surface area contributed by atoms with Gasteiger partial charge in [-0.2, -0.15) is 0 Å². The van der Waals surface area contributed by atoms with Crippen LogP contribution < -0.4 is 14.9 Å². The van der Waals surface area contributed by atoms with E-state index in [2.05, 4.69) is 20.2 Å². The number of anilines is 2. The molecule has 2 aromatic carbocycles. The Balaban J connectivity index is 1.53. The van der Waals surface area contributed by atoms with Crippen LogP contribution in [0.2, 0.25) is 10.0 Å². The van der Waals surface area contributed by atoms with Gasteiger partial charge in [0, 0.05) is 30.8 Å². The zero-order valence-electron chi connectivity index (χ0n) is 16.4. The first kappa shape index (κ1) is 23.4. The number of nitrogens with zero attached hydrogens (tertiary/aromatic N) is 3.